The summed E-state index contributed by atoms with van der Waals surface area (Å²) in [7, 11) is 1.57. The third-order valence-corrected chi connectivity index (χ3v) is 3.57. The van der Waals surface area contributed by atoms with Crippen LogP contribution in [0.4, 0.5) is 0 Å². The maximum Gasteiger partial charge on any atom is 0.301 e. The number of oxime groups is 1. The first-order valence-electron chi connectivity index (χ1n) is 6.77. The molecule has 6 nitrogen and oxygen atoms in total. The molecule has 22 heavy (non-hydrogen) atoms. The largest absolute Gasteiger partial charge is 0.497 e. The number of hydrogen-bond acceptors (Lipinski definition) is 5. The molecule has 2 aromatic carbocycles. The highest BCUT2D eigenvalue weighted by molar-refractivity contribution is 6.04. The van der Waals surface area contributed by atoms with Crippen LogP contribution in [0.1, 0.15) is 17.2 Å². The standard InChI is InChI=1S/C16H14N2O4/c1-21-13-9-7-12(8-10-13)16-15(18(19)20)14(17-22-16)11-5-3-2-4-6-11/h2-10,15-16H,1H3/t15-,16+/m0/s1. The van der Waals surface area contributed by atoms with Gasteiger partial charge in [0, 0.05) is 16.1 Å². The van der Waals surface area contributed by atoms with Crippen LogP contribution in [0.15, 0.2) is 59.8 Å². The molecule has 0 fully saturated rings. The SMILES string of the molecule is COc1ccc([C@H]2ON=C(c3ccccc3)[C@@H]2[N+](=O)[O-])cc1. The second kappa shape index (κ2) is 5.85. The van der Waals surface area contributed by atoms with Gasteiger partial charge in [-0.15, -0.1) is 0 Å². The minimum Gasteiger partial charge on any atom is -0.497 e. The molecular formula is C16H14N2O4. The highest BCUT2D eigenvalue weighted by atomic mass is 16.7. The fourth-order valence-electron chi connectivity index (χ4n) is 2.45. The van der Waals surface area contributed by atoms with Gasteiger partial charge in [0.1, 0.15) is 5.75 Å². The van der Waals surface area contributed by atoms with Crippen LogP contribution in [0.3, 0.4) is 0 Å². The summed E-state index contributed by atoms with van der Waals surface area (Å²) >= 11 is 0. The van der Waals surface area contributed by atoms with Gasteiger partial charge in [0.25, 0.3) is 0 Å². The number of benzene rings is 2. The fraction of sp³-hybridized carbons (Fsp3) is 0.188. The fourth-order valence-corrected chi connectivity index (χ4v) is 2.45. The van der Waals surface area contributed by atoms with Crippen molar-refractivity contribution in [2.75, 3.05) is 7.11 Å². The van der Waals surface area contributed by atoms with E-state index in [0.29, 0.717) is 22.6 Å². The summed E-state index contributed by atoms with van der Waals surface area (Å²) in [5, 5.41) is 15.5. The summed E-state index contributed by atoms with van der Waals surface area (Å²) in [4.78, 5) is 16.5. The molecule has 0 aliphatic carbocycles. The first-order chi connectivity index (χ1) is 10.7. The zero-order chi connectivity index (χ0) is 15.5. The van der Waals surface area contributed by atoms with Gasteiger partial charge in [-0.2, -0.15) is 0 Å². The number of methoxy groups -OCH3 is 1. The molecule has 1 heterocycles. The molecule has 2 aromatic rings. The molecule has 0 unspecified atom stereocenters. The van der Waals surface area contributed by atoms with E-state index >= 15 is 0 Å². The average molecular weight is 298 g/mol. The molecule has 1 aliphatic heterocycles. The topological polar surface area (TPSA) is 74.0 Å². The number of nitrogens with zero attached hydrogens (tertiary/aromatic N) is 2. The smallest absolute Gasteiger partial charge is 0.301 e. The summed E-state index contributed by atoms with van der Waals surface area (Å²) in [5.41, 5.74) is 1.73. The van der Waals surface area contributed by atoms with Crippen LogP contribution in [0, 0.1) is 10.1 Å². The molecule has 0 bridgehead atoms. The minimum atomic E-state index is -1.03. The number of nitro groups is 1. The molecule has 0 amide bonds. The number of hydrogen-bond donors (Lipinski definition) is 0. The Labute approximate surface area is 127 Å². The molecule has 1 aliphatic rings. The Hall–Kier alpha value is -2.89. The third kappa shape index (κ3) is 2.50. The molecule has 0 spiro atoms. The molecular weight excluding hydrogens is 284 g/mol. The van der Waals surface area contributed by atoms with Crippen LogP contribution in [0.5, 0.6) is 5.75 Å². The van der Waals surface area contributed by atoms with Crippen LogP contribution < -0.4 is 4.74 Å². The summed E-state index contributed by atoms with van der Waals surface area (Å²) in [6.45, 7) is 0. The summed E-state index contributed by atoms with van der Waals surface area (Å²) in [6.07, 6.45) is -0.740. The van der Waals surface area contributed by atoms with Crippen molar-refractivity contribution in [1.29, 1.82) is 0 Å². The van der Waals surface area contributed by atoms with Crippen molar-refractivity contribution in [3.8, 4) is 5.75 Å². The van der Waals surface area contributed by atoms with Crippen LogP contribution in [0.2, 0.25) is 0 Å². The van der Waals surface area contributed by atoms with Gasteiger partial charge in [-0.25, -0.2) is 0 Å². The predicted molar refractivity (Wildman–Crippen MR) is 80.6 cm³/mol. The normalized spacial score (nSPS) is 20.1. The van der Waals surface area contributed by atoms with Crippen molar-refractivity contribution < 1.29 is 14.5 Å². The Balaban J connectivity index is 1.92. The minimum absolute atomic E-state index is 0.339. The van der Waals surface area contributed by atoms with E-state index < -0.39 is 12.1 Å². The Kier molecular flexibility index (Phi) is 3.74. The molecule has 0 radical (unpaired) electrons. The van der Waals surface area contributed by atoms with Gasteiger partial charge in [0.05, 0.1) is 7.11 Å². The molecule has 6 heteroatoms. The lowest BCUT2D eigenvalue weighted by Crippen LogP contribution is -2.32. The molecule has 2 atom stereocenters. The Morgan fingerprint density at radius 1 is 1.14 bits per heavy atom. The molecule has 3 rings (SSSR count). The van der Waals surface area contributed by atoms with Crippen molar-refractivity contribution >= 4 is 5.71 Å². The molecule has 0 saturated heterocycles. The van der Waals surface area contributed by atoms with Crippen LogP contribution in [-0.4, -0.2) is 23.8 Å². The van der Waals surface area contributed by atoms with Crippen molar-refractivity contribution in [2.24, 2.45) is 5.16 Å². The molecule has 0 aromatic heterocycles. The summed E-state index contributed by atoms with van der Waals surface area (Å²) in [5.74, 6) is 0.684. The first kappa shape index (κ1) is 14.1. The van der Waals surface area contributed by atoms with Gasteiger partial charge >= 0.3 is 6.04 Å². The van der Waals surface area contributed by atoms with E-state index in [0.717, 1.165) is 0 Å². The van der Waals surface area contributed by atoms with Gasteiger partial charge < -0.3 is 9.57 Å². The Morgan fingerprint density at radius 2 is 1.82 bits per heavy atom. The highest BCUT2D eigenvalue weighted by Crippen LogP contribution is 2.32. The van der Waals surface area contributed by atoms with E-state index in [1.165, 1.54) is 0 Å². The molecule has 0 saturated carbocycles. The van der Waals surface area contributed by atoms with E-state index in [1.807, 2.05) is 18.2 Å². The van der Waals surface area contributed by atoms with E-state index in [-0.39, 0.29) is 4.92 Å². The summed E-state index contributed by atoms with van der Waals surface area (Å²) < 4.78 is 5.09. The van der Waals surface area contributed by atoms with Gasteiger partial charge in [-0.05, 0) is 12.1 Å². The zero-order valence-electron chi connectivity index (χ0n) is 11.9. The van der Waals surface area contributed by atoms with Crippen LogP contribution >= 0.6 is 0 Å². The van der Waals surface area contributed by atoms with Gasteiger partial charge in [0.15, 0.2) is 5.71 Å². The third-order valence-electron chi connectivity index (χ3n) is 3.57. The van der Waals surface area contributed by atoms with E-state index in [1.54, 1.807) is 43.5 Å². The maximum atomic E-state index is 11.5. The Morgan fingerprint density at radius 3 is 2.41 bits per heavy atom. The van der Waals surface area contributed by atoms with Crippen molar-refractivity contribution in [2.45, 2.75) is 12.1 Å². The van der Waals surface area contributed by atoms with E-state index in [9.17, 15) is 10.1 Å². The van der Waals surface area contributed by atoms with E-state index in [2.05, 4.69) is 5.16 Å². The lowest BCUT2D eigenvalue weighted by atomic mass is 9.95. The lowest BCUT2D eigenvalue weighted by Gasteiger charge is -2.13. The summed E-state index contributed by atoms with van der Waals surface area (Å²) in [6, 6.07) is 15.0. The monoisotopic (exact) mass is 298 g/mol. The number of ether oxygens (including phenoxy) is 1. The average Bonchev–Trinajstić information content (AvgIpc) is 3.01. The maximum absolute atomic E-state index is 11.5. The quantitative estimate of drug-likeness (QED) is 0.642. The first-order valence-corrected chi connectivity index (χ1v) is 6.77. The van der Waals surface area contributed by atoms with Gasteiger partial charge in [0.2, 0.25) is 6.10 Å². The second-order valence-electron chi connectivity index (χ2n) is 4.87. The van der Waals surface area contributed by atoms with Crippen LogP contribution in [-0.2, 0) is 4.84 Å². The van der Waals surface area contributed by atoms with Gasteiger partial charge in [-0.1, -0.05) is 47.6 Å². The van der Waals surface area contributed by atoms with Crippen molar-refractivity contribution in [3.05, 3.63) is 75.8 Å². The second-order valence-corrected chi connectivity index (χ2v) is 4.87. The molecule has 0 N–H and O–H groups in total. The highest BCUT2D eigenvalue weighted by Gasteiger charge is 2.45. The van der Waals surface area contributed by atoms with Gasteiger partial charge in [-0.3, -0.25) is 10.1 Å². The van der Waals surface area contributed by atoms with Crippen molar-refractivity contribution in [1.82, 2.24) is 0 Å². The zero-order valence-corrected chi connectivity index (χ0v) is 11.9. The molecule has 112 valence electrons. The predicted octanol–water partition coefficient (Wildman–Crippen LogP) is 2.82. The lowest BCUT2D eigenvalue weighted by molar-refractivity contribution is -0.512. The van der Waals surface area contributed by atoms with Crippen LogP contribution in [0.25, 0.3) is 0 Å². The van der Waals surface area contributed by atoms with Crippen molar-refractivity contribution in [3.63, 3.8) is 0 Å². The Bertz CT molecular complexity index is 698. The number of rotatable bonds is 4. The van der Waals surface area contributed by atoms with E-state index in [4.69, 9.17) is 9.57 Å².